The van der Waals surface area contributed by atoms with E-state index in [0.717, 1.165) is 17.1 Å². The maximum atomic E-state index is 12.3. The average molecular weight is 352 g/mol. The highest BCUT2D eigenvalue weighted by atomic mass is 16.5. The third-order valence-corrected chi connectivity index (χ3v) is 4.27. The highest BCUT2D eigenvalue weighted by Gasteiger charge is 2.25. The smallest absolute Gasteiger partial charge is 0.332 e. The Hall–Kier alpha value is -3.28. The van der Waals surface area contributed by atoms with Gasteiger partial charge in [-0.2, -0.15) is 0 Å². The summed E-state index contributed by atoms with van der Waals surface area (Å²) in [7, 11) is 1.62. The molecule has 6 nitrogen and oxygen atoms in total. The molecule has 1 aliphatic rings. The van der Waals surface area contributed by atoms with Crippen LogP contribution in [0.5, 0.6) is 5.75 Å². The van der Waals surface area contributed by atoms with E-state index in [4.69, 9.17) is 9.84 Å². The van der Waals surface area contributed by atoms with Gasteiger partial charge in [-0.15, -0.1) is 0 Å². The number of nitrogens with one attached hydrogen (secondary N) is 2. The van der Waals surface area contributed by atoms with Gasteiger partial charge in [-0.05, 0) is 67.8 Å². The van der Waals surface area contributed by atoms with Crippen molar-refractivity contribution in [3.63, 3.8) is 0 Å². The number of carboxylic acid groups (broad SMARTS) is 1. The summed E-state index contributed by atoms with van der Waals surface area (Å²) < 4.78 is 5.13. The van der Waals surface area contributed by atoms with Crippen molar-refractivity contribution in [1.82, 2.24) is 0 Å². The van der Waals surface area contributed by atoms with Gasteiger partial charge < -0.3 is 20.5 Å². The monoisotopic (exact) mass is 352 g/mol. The number of methoxy groups -OCH3 is 1. The Morgan fingerprint density at radius 1 is 0.885 bits per heavy atom. The molecule has 1 aliphatic carbocycles. The van der Waals surface area contributed by atoms with Crippen LogP contribution in [0.1, 0.15) is 19.3 Å². The summed E-state index contributed by atoms with van der Waals surface area (Å²) in [4.78, 5) is 23.5. The van der Waals surface area contributed by atoms with Crippen LogP contribution in [0.2, 0.25) is 0 Å². The molecule has 1 amide bonds. The summed E-state index contributed by atoms with van der Waals surface area (Å²) in [5.74, 6) is -0.557. The SMILES string of the molecule is COc1ccc(Nc2ccc(NC(=O)C3=C(C(=O)O)CCC3)cc2)cc1. The van der Waals surface area contributed by atoms with E-state index in [1.54, 1.807) is 19.2 Å². The first-order valence-electron chi connectivity index (χ1n) is 8.34. The minimum atomic E-state index is -1.01. The number of ether oxygens (including phenoxy) is 1. The first kappa shape index (κ1) is 17.5. The molecule has 3 rings (SSSR count). The topological polar surface area (TPSA) is 87.7 Å². The van der Waals surface area contributed by atoms with Crippen LogP contribution in [0.3, 0.4) is 0 Å². The van der Waals surface area contributed by atoms with E-state index in [2.05, 4.69) is 10.6 Å². The second-order valence-electron chi connectivity index (χ2n) is 6.00. The number of rotatable bonds is 6. The highest BCUT2D eigenvalue weighted by Crippen LogP contribution is 2.27. The van der Waals surface area contributed by atoms with E-state index in [0.29, 0.717) is 30.5 Å². The van der Waals surface area contributed by atoms with Crippen LogP contribution in [0.25, 0.3) is 0 Å². The highest BCUT2D eigenvalue weighted by molar-refractivity contribution is 6.09. The number of hydrogen-bond acceptors (Lipinski definition) is 4. The molecule has 0 atom stereocenters. The molecule has 0 radical (unpaired) electrons. The number of carbonyl (C=O) groups is 2. The van der Waals surface area contributed by atoms with Crippen LogP contribution in [0, 0.1) is 0 Å². The standard InChI is InChI=1S/C20H20N2O4/c1-26-16-11-9-14(10-12-16)21-13-5-7-15(8-6-13)22-19(23)17-3-2-4-18(17)20(24)25/h5-12,21H,2-4H2,1H3,(H,22,23)(H,24,25). The molecule has 134 valence electrons. The molecule has 0 spiro atoms. The van der Waals surface area contributed by atoms with Crippen LogP contribution in [0.4, 0.5) is 17.1 Å². The van der Waals surface area contributed by atoms with Crippen molar-refractivity contribution in [3.05, 3.63) is 59.7 Å². The largest absolute Gasteiger partial charge is 0.497 e. The number of anilines is 3. The number of benzene rings is 2. The molecular formula is C20H20N2O4. The maximum Gasteiger partial charge on any atom is 0.332 e. The third-order valence-electron chi connectivity index (χ3n) is 4.27. The molecule has 0 heterocycles. The van der Waals surface area contributed by atoms with Crippen molar-refractivity contribution in [1.29, 1.82) is 0 Å². The van der Waals surface area contributed by atoms with Crippen molar-refractivity contribution >= 4 is 28.9 Å². The Bertz CT molecular complexity index is 839. The summed E-state index contributed by atoms with van der Waals surface area (Å²) >= 11 is 0. The molecule has 0 unspecified atom stereocenters. The Morgan fingerprint density at radius 2 is 1.42 bits per heavy atom. The zero-order valence-electron chi connectivity index (χ0n) is 14.4. The second-order valence-corrected chi connectivity index (χ2v) is 6.00. The summed E-state index contributed by atoms with van der Waals surface area (Å²) in [6, 6.07) is 14.8. The summed E-state index contributed by atoms with van der Waals surface area (Å²) in [5.41, 5.74) is 3.02. The maximum absolute atomic E-state index is 12.3. The first-order valence-corrected chi connectivity index (χ1v) is 8.34. The van der Waals surface area contributed by atoms with Gasteiger partial charge in [0.05, 0.1) is 7.11 Å². The van der Waals surface area contributed by atoms with Gasteiger partial charge in [0.1, 0.15) is 5.75 Å². The minimum Gasteiger partial charge on any atom is -0.497 e. The summed E-state index contributed by atoms with van der Waals surface area (Å²) in [5, 5.41) is 15.2. The summed E-state index contributed by atoms with van der Waals surface area (Å²) in [6.07, 6.45) is 1.66. The Kier molecular flexibility index (Phi) is 5.22. The molecule has 0 fully saturated rings. The first-order chi connectivity index (χ1) is 12.6. The van der Waals surface area contributed by atoms with E-state index in [1.807, 2.05) is 36.4 Å². The molecular weight excluding hydrogens is 332 g/mol. The van der Waals surface area contributed by atoms with Crippen molar-refractivity contribution in [2.45, 2.75) is 19.3 Å². The second kappa shape index (κ2) is 7.74. The van der Waals surface area contributed by atoms with Gasteiger partial charge >= 0.3 is 5.97 Å². The molecule has 3 N–H and O–H groups in total. The van der Waals surface area contributed by atoms with Crippen molar-refractivity contribution in [3.8, 4) is 5.75 Å². The molecule has 26 heavy (non-hydrogen) atoms. The van der Waals surface area contributed by atoms with Gasteiger partial charge in [-0.25, -0.2) is 4.79 Å². The number of hydrogen-bond donors (Lipinski definition) is 3. The third kappa shape index (κ3) is 4.03. The average Bonchev–Trinajstić information content (AvgIpc) is 3.14. The molecule has 2 aromatic carbocycles. The van der Waals surface area contributed by atoms with Crippen LogP contribution >= 0.6 is 0 Å². The lowest BCUT2D eigenvalue weighted by atomic mass is 10.1. The number of amides is 1. The van der Waals surface area contributed by atoms with Crippen molar-refractivity contribution in [2.75, 3.05) is 17.7 Å². The molecule has 2 aromatic rings. The van der Waals surface area contributed by atoms with Crippen LogP contribution in [0.15, 0.2) is 59.7 Å². The Balaban J connectivity index is 1.65. The van der Waals surface area contributed by atoms with E-state index >= 15 is 0 Å². The molecule has 0 bridgehead atoms. The molecule has 0 aliphatic heterocycles. The lowest BCUT2D eigenvalue weighted by Gasteiger charge is -2.10. The molecule has 0 saturated heterocycles. The van der Waals surface area contributed by atoms with Crippen LogP contribution in [-0.2, 0) is 9.59 Å². The predicted octanol–water partition coefficient (Wildman–Crippen LogP) is 3.94. The van der Waals surface area contributed by atoms with Crippen molar-refractivity contribution < 1.29 is 19.4 Å². The molecule has 6 heteroatoms. The van der Waals surface area contributed by atoms with E-state index in [-0.39, 0.29) is 11.5 Å². The van der Waals surface area contributed by atoms with E-state index in [1.165, 1.54) is 0 Å². The fourth-order valence-electron chi connectivity index (χ4n) is 2.91. The number of carbonyl (C=O) groups excluding carboxylic acids is 1. The van der Waals surface area contributed by atoms with Crippen molar-refractivity contribution in [2.24, 2.45) is 0 Å². The van der Waals surface area contributed by atoms with Gasteiger partial charge in [-0.1, -0.05) is 0 Å². The normalized spacial score (nSPS) is 13.4. The Labute approximate surface area is 151 Å². The Morgan fingerprint density at radius 3 is 2.00 bits per heavy atom. The number of aliphatic carboxylic acids is 1. The lowest BCUT2D eigenvalue weighted by molar-refractivity contribution is -0.133. The van der Waals surface area contributed by atoms with Gasteiger partial charge in [-0.3, -0.25) is 4.79 Å². The molecule has 0 saturated carbocycles. The van der Waals surface area contributed by atoms with E-state index < -0.39 is 5.97 Å². The van der Waals surface area contributed by atoms with Gasteiger partial charge in [0.2, 0.25) is 0 Å². The van der Waals surface area contributed by atoms with Crippen LogP contribution in [-0.4, -0.2) is 24.1 Å². The zero-order valence-corrected chi connectivity index (χ0v) is 14.4. The molecule has 0 aromatic heterocycles. The zero-order chi connectivity index (χ0) is 18.5. The van der Waals surface area contributed by atoms with Gasteiger partial charge in [0.15, 0.2) is 0 Å². The fourth-order valence-corrected chi connectivity index (χ4v) is 2.91. The summed E-state index contributed by atoms with van der Waals surface area (Å²) in [6.45, 7) is 0. The fraction of sp³-hybridized carbons (Fsp3) is 0.200. The predicted molar refractivity (Wildman–Crippen MR) is 99.9 cm³/mol. The minimum absolute atomic E-state index is 0.222. The quantitative estimate of drug-likeness (QED) is 0.733. The lowest BCUT2D eigenvalue weighted by Crippen LogP contribution is -2.16. The van der Waals surface area contributed by atoms with E-state index in [9.17, 15) is 9.59 Å². The van der Waals surface area contributed by atoms with Gasteiger partial charge in [0, 0.05) is 28.2 Å². The van der Waals surface area contributed by atoms with Gasteiger partial charge in [0.25, 0.3) is 5.91 Å². The number of carboxylic acids is 1. The van der Waals surface area contributed by atoms with Crippen LogP contribution < -0.4 is 15.4 Å².